The minimum Gasteiger partial charge on any atom is -0.314 e. The van der Waals surface area contributed by atoms with Crippen molar-refractivity contribution >= 4 is 0 Å². The summed E-state index contributed by atoms with van der Waals surface area (Å²) in [4.78, 5) is 2.77. The average Bonchev–Trinajstić information content (AvgIpc) is 2.82. The van der Waals surface area contributed by atoms with Crippen LogP contribution in [-0.4, -0.2) is 36.6 Å². The Kier molecular flexibility index (Phi) is 4.14. The molecule has 1 aliphatic carbocycles. The van der Waals surface area contributed by atoms with E-state index in [-0.39, 0.29) is 0 Å². The molecule has 2 heteroatoms. The summed E-state index contributed by atoms with van der Waals surface area (Å²) in [6.45, 7) is 13.2. The van der Waals surface area contributed by atoms with E-state index in [1.165, 1.54) is 38.8 Å². The summed E-state index contributed by atoms with van der Waals surface area (Å²) in [5, 5.41) is 3.61. The molecule has 0 aromatic heterocycles. The summed E-state index contributed by atoms with van der Waals surface area (Å²) >= 11 is 0. The summed E-state index contributed by atoms with van der Waals surface area (Å²) in [7, 11) is 0. The van der Waals surface area contributed by atoms with Crippen molar-refractivity contribution < 1.29 is 0 Å². The molecule has 1 heterocycles. The summed E-state index contributed by atoms with van der Waals surface area (Å²) in [6, 6.07) is 1.66. The van der Waals surface area contributed by atoms with Crippen LogP contribution in [0.3, 0.4) is 0 Å². The predicted molar refractivity (Wildman–Crippen MR) is 74.2 cm³/mol. The lowest BCUT2D eigenvalue weighted by molar-refractivity contribution is 0.194. The van der Waals surface area contributed by atoms with Gasteiger partial charge in [0.15, 0.2) is 0 Å². The molecule has 1 N–H and O–H groups in total. The molecule has 1 saturated carbocycles. The first kappa shape index (κ1) is 13.4. The molecule has 2 aliphatic rings. The molecular weight excluding hydrogens is 208 g/mol. The van der Waals surface area contributed by atoms with E-state index in [2.05, 4.69) is 37.9 Å². The van der Waals surface area contributed by atoms with Crippen LogP contribution in [0.15, 0.2) is 0 Å². The lowest BCUT2D eigenvalue weighted by Crippen LogP contribution is -2.35. The minimum atomic E-state index is 0.494. The van der Waals surface area contributed by atoms with E-state index in [1.807, 2.05) is 0 Å². The van der Waals surface area contributed by atoms with Crippen molar-refractivity contribution in [1.29, 1.82) is 0 Å². The minimum absolute atomic E-state index is 0.494. The molecule has 0 amide bonds. The molecule has 3 unspecified atom stereocenters. The molecule has 17 heavy (non-hydrogen) atoms. The maximum atomic E-state index is 3.61. The normalized spacial score (nSPS) is 35.6. The quantitative estimate of drug-likeness (QED) is 0.813. The van der Waals surface area contributed by atoms with E-state index < -0.39 is 0 Å². The highest BCUT2D eigenvalue weighted by Gasteiger charge is 2.37. The Morgan fingerprint density at radius 3 is 2.53 bits per heavy atom. The Labute approximate surface area is 107 Å². The second kappa shape index (κ2) is 5.27. The van der Waals surface area contributed by atoms with Crippen LogP contribution in [0.5, 0.6) is 0 Å². The predicted octanol–water partition coefficient (Wildman–Crippen LogP) is 2.89. The van der Waals surface area contributed by atoms with E-state index in [4.69, 9.17) is 0 Å². The Balaban J connectivity index is 1.82. The Bertz CT molecular complexity index is 244. The molecule has 0 radical (unpaired) electrons. The molecular formula is C15H30N2. The van der Waals surface area contributed by atoms with E-state index in [0.29, 0.717) is 5.41 Å². The van der Waals surface area contributed by atoms with Crippen molar-refractivity contribution in [3.63, 3.8) is 0 Å². The first-order chi connectivity index (χ1) is 8.00. The monoisotopic (exact) mass is 238 g/mol. The highest BCUT2D eigenvalue weighted by atomic mass is 15.2. The second-order valence-corrected chi connectivity index (χ2v) is 7.07. The van der Waals surface area contributed by atoms with Crippen molar-refractivity contribution in [2.24, 2.45) is 11.3 Å². The van der Waals surface area contributed by atoms with Gasteiger partial charge in [-0.1, -0.05) is 27.7 Å². The second-order valence-electron chi connectivity index (χ2n) is 7.07. The van der Waals surface area contributed by atoms with Gasteiger partial charge in [0.1, 0.15) is 0 Å². The SMILES string of the molecule is CCNC1CCC(N2CCC(C(C)(C)C)C2)C1. The zero-order valence-electron chi connectivity index (χ0n) is 12.1. The fourth-order valence-corrected chi connectivity index (χ4v) is 3.59. The van der Waals surface area contributed by atoms with Gasteiger partial charge in [-0.05, 0) is 50.1 Å². The molecule has 0 aromatic rings. The van der Waals surface area contributed by atoms with Gasteiger partial charge in [-0.3, -0.25) is 0 Å². The smallest absolute Gasteiger partial charge is 0.0111 e. The van der Waals surface area contributed by atoms with Gasteiger partial charge in [0, 0.05) is 18.6 Å². The number of hydrogen-bond acceptors (Lipinski definition) is 2. The molecule has 0 bridgehead atoms. The van der Waals surface area contributed by atoms with Crippen molar-refractivity contribution in [3.05, 3.63) is 0 Å². The lowest BCUT2D eigenvalue weighted by atomic mass is 9.80. The molecule has 1 aliphatic heterocycles. The van der Waals surface area contributed by atoms with Gasteiger partial charge in [-0.2, -0.15) is 0 Å². The summed E-state index contributed by atoms with van der Waals surface area (Å²) < 4.78 is 0. The molecule has 3 atom stereocenters. The van der Waals surface area contributed by atoms with E-state index in [1.54, 1.807) is 0 Å². The molecule has 2 fully saturated rings. The first-order valence-electron chi connectivity index (χ1n) is 7.48. The van der Waals surface area contributed by atoms with Crippen molar-refractivity contribution in [2.75, 3.05) is 19.6 Å². The topological polar surface area (TPSA) is 15.3 Å². The number of hydrogen-bond donors (Lipinski definition) is 1. The lowest BCUT2D eigenvalue weighted by Gasteiger charge is -2.29. The van der Waals surface area contributed by atoms with E-state index in [0.717, 1.165) is 24.5 Å². The third kappa shape index (κ3) is 3.23. The number of likely N-dealkylation sites (tertiary alicyclic amines) is 1. The van der Waals surface area contributed by atoms with Crippen LogP contribution in [-0.2, 0) is 0 Å². The van der Waals surface area contributed by atoms with Gasteiger partial charge in [0.05, 0.1) is 0 Å². The number of rotatable bonds is 3. The van der Waals surface area contributed by atoms with Crippen LogP contribution in [0.2, 0.25) is 0 Å². The van der Waals surface area contributed by atoms with Crippen LogP contribution in [0, 0.1) is 11.3 Å². The first-order valence-corrected chi connectivity index (χ1v) is 7.48. The van der Waals surface area contributed by atoms with E-state index >= 15 is 0 Å². The molecule has 2 rings (SSSR count). The van der Waals surface area contributed by atoms with Crippen LogP contribution in [0.25, 0.3) is 0 Å². The zero-order chi connectivity index (χ0) is 12.5. The van der Waals surface area contributed by atoms with Crippen molar-refractivity contribution in [3.8, 4) is 0 Å². The van der Waals surface area contributed by atoms with Crippen LogP contribution in [0.4, 0.5) is 0 Å². The molecule has 2 nitrogen and oxygen atoms in total. The molecule has 1 saturated heterocycles. The van der Waals surface area contributed by atoms with Gasteiger partial charge in [-0.25, -0.2) is 0 Å². The highest BCUT2D eigenvalue weighted by Crippen LogP contribution is 2.36. The van der Waals surface area contributed by atoms with Crippen LogP contribution < -0.4 is 5.32 Å². The number of nitrogens with one attached hydrogen (secondary N) is 1. The molecule has 0 aromatic carbocycles. The maximum absolute atomic E-state index is 3.61. The van der Waals surface area contributed by atoms with E-state index in [9.17, 15) is 0 Å². The van der Waals surface area contributed by atoms with Gasteiger partial charge in [0.2, 0.25) is 0 Å². The van der Waals surface area contributed by atoms with Crippen molar-refractivity contribution in [2.45, 2.75) is 65.5 Å². The van der Waals surface area contributed by atoms with Crippen molar-refractivity contribution in [1.82, 2.24) is 10.2 Å². The Morgan fingerprint density at radius 2 is 1.94 bits per heavy atom. The fraction of sp³-hybridized carbons (Fsp3) is 1.00. The van der Waals surface area contributed by atoms with Crippen LogP contribution in [0.1, 0.15) is 53.4 Å². The fourth-order valence-electron chi connectivity index (χ4n) is 3.59. The molecule has 100 valence electrons. The third-order valence-corrected chi connectivity index (χ3v) is 4.86. The zero-order valence-corrected chi connectivity index (χ0v) is 12.1. The van der Waals surface area contributed by atoms with Gasteiger partial charge in [0.25, 0.3) is 0 Å². The highest BCUT2D eigenvalue weighted by molar-refractivity contribution is 4.92. The van der Waals surface area contributed by atoms with Gasteiger partial charge < -0.3 is 10.2 Å². The summed E-state index contributed by atoms with van der Waals surface area (Å²) in [5.41, 5.74) is 0.494. The Hall–Kier alpha value is -0.0800. The third-order valence-electron chi connectivity index (χ3n) is 4.86. The summed E-state index contributed by atoms with van der Waals surface area (Å²) in [5.74, 6) is 0.903. The average molecular weight is 238 g/mol. The van der Waals surface area contributed by atoms with Crippen LogP contribution >= 0.6 is 0 Å². The van der Waals surface area contributed by atoms with Gasteiger partial charge >= 0.3 is 0 Å². The largest absolute Gasteiger partial charge is 0.314 e. The number of nitrogens with zero attached hydrogens (tertiary/aromatic N) is 1. The Morgan fingerprint density at radius 1 is 1.18 bits per heavy atom. The maximum Gasteiger partial charge on any atom is 0.0111 e. The van der Waals surface area contributed by atoms with Gasteiger partial charge in [-0.15, -0.1) is 0 Å². The molecule has 0 spiro atoms. The summed E-state index contributed by atoms with van der Waals surface area (Å²) in [6.07, 6.45) is 5.58. The standard InChI is InChI=1S/C15H30N2/c1-5-16-13-6-7-14(10-13)17-9-8-12(11-17)15(2,3)4/h12-14,16H,5-11H2,1-4H3.